The van der Waals surface area contributed by atoms with Crippen LogP contribution in [0.4, 0.5) is 0 Å². The number of alkyl halides is 1. The third-order valence-corrected chi connectivity index (χ3v) is 5.19. The highest BCUT2D eigenvalue weighted by molar-refractivity contribution is 8.00. The summed E-state index contributed by atoms with van der Waals surface area (Å²) in [6, 6.07) is 5.97. The molecule has 0 saturated heterocycles. The number of hydrogen-bond donors (Lipinski definition) is 0. The molecule has 0 N–H and O–H groups in total. The van der Waals surface area contributed by atoms with Crippen LogP contribution in [0.15, 0.2) is 22.4 Å². The summed E-state index contributed by atoms with van der Waals surface area (Å²) in [6.45, 7) is 0. The summed E-state index contributed by atoms with van der Waals surface area (Å²) in [5, 5.41) is 2.01. The SMILES string of the molecule is CSc1sc2c(Cl)cccc2c1CCl. The molecule has 0 fully saturated rings. The number of thiophene rings is 1. The number of benzene rings is 1. The van der Waals surface area contributed by atoms with Gasteiger partial charge in [-0.3, -0.25) is 0 Å². The largest absolute Gasteiger partial charge is 0.127 e. The average molecular weight is 263 g/mol. The first-order valence-corrected chi connectivity index (χ1v) is 7.03. The van der Waals surface area contributed by atoms with E-state index in [4.69, 9.17) is 23.2 Å². The van der Waals surface area contributed by atoms with E-state index in [1.807, 2.05) is 12.1 Å². The number of fused-ring (bicyclic) bond motifs is 1. The molecule has 0 saturated carbocycles. The zero-order valence-electron chi connectivity index (χ0n) is 7.51. The van der Waals surface area contributed by atoms with Gasteiger partial charge in [0.2, 0.25) is 0 Å². The van der Waals surface area contributed by atoms with Crippen LogP contribution in [-0.2, 0) is 5.88 Å². The quantitative estimate of drug-likeness (QED) is 0.541. The second kappa shape index (κ2) is 4.31. The van der Waals surface area contributed by atoms with Gasteiger partial charge in [-0.15, -0.1) is 34.7 Å². The minimum Gasteiger partial charge on any atom is -0.127 e. The lowest BCUT2D eigenvalue weighted by molar-refractivity contribution is 1.39. The highest BCUT2D eigenvalue weighted by atomic mass is 35.5. The van der Waals surface area contributed by atoms with E-state index in [0.29, 0.717) is 5.88 Å². The molecule has 1 aromatic carbocycles. The van der Waals surface area contributed by atoms with Crippen molar-refractivity contribution < 1.29 is 0 Å². The van der Waals surface area contributed by atoms with Crippen molar-refractivity contribution in [2.45, 2.75) is 10.1 Å². The first kappa shape index (κ1) is 10.6. The van der Waals surface area contributed by atoms with Gasteiger partial charge in [-0.2, -0.15) is 0 Å². The predicted octanol–water partition coefficient (Wildman–Crippen LogP) is 5.02. The van der Waals surface area contributed by atoms with Crippen LogP contribution in [0.3, 0.4) is 0 Å². The zero-order valence-corrected chi connectivity index (χ0v) is 10.7. The number of rotatable bonds is 2. The number of hydrogen-bond acceptors (Lipinski definition) is 2. The molecule has 0 spiro atoms. The average Bonchev–Trinajstić information content (AvgIpc) is 2.57. The third-order valence-electron chi connectivity index (χ3n) is 2.05. The first-order chi connectivity index (χ1) is 6.77. The molecule has 0 atom stereocenters. The van der Waals surface area contributed by atoms with Gasteiger partial charge in [0.25, 0.3) is 0 Å². The van der Waals surface area contributed by atoms with Crippen LogP contribution in [0.2, 0.25) is 5.02 Å². The smallest absolute Gasteiger partial charge is 0.0653 e. The summed E-state index contributed by atoms with van der Waals surface area (Å²) < 4.78 is 2.41. The third kappa shape index (κ3) is 1.65. The van der Waals surface area contributed by atoms with Crippen LogP contribution in [0.25, 0.3) is 10.1 Å². The molecule has 1 heterocycles. The maximum Gasteiger partial charge on any atom is 0.0653 e. The van der Waals surface area contributed by atoms with Crippen molar-refractivity contribution >= 4 is 56.4 Å². The minimum atomic E-state index is 0.552. The van der Waals surface area contributed by atoms with Crippen molar-refractivity contribution in [3.63, 3.8) is 0 Å². The van der Waals surface area contributed by atoms with Crippen molar-refractivity contribution in [1.82, 2.24) is 0 Å². The van der Waals surface area contributed by atoms with E-state index in [9.17, 15) is 0 Å². The fourth-order valence-electron chi connectivity index (χ4n) is 1.41. The second-order valence-electron chi connectivity index (χ2n) is 2.82. The Morgan fingerprint density at radius 1 is 1.43 bits per heavy atom. The Morgan fingerprint density at radius 2 is 2.21 bits per heavy atom. The standard InChI is InChI=1S/C10H8Cl2S2/c1-13-10-7(5-11)6-3-2-4-8(12)9(6)14-10/h2-4H,5H2,1H3. The van der Waals surface area contributed by atoms with E-state index in [2.05, 4.69) is 12.3 Å². The van der Waals surface area contributed by atoms with Crippen molar-refractivity contribution in [2.75, 3.05) is 6.26 Å². The molecular formula is C10H8Cl2S2. The van der Waals surface area contributed by atoms with Gasteiger partial charge in [0.15, 0.2) is 0 Å². The molecule has 0 unspecified atom stereocenters. The lowest BCUT2D eigenvalue weighted by Crippen LogP contribution is -1.76. The fourth-order valence-corrected chi connectivity index (χ4v) is 4.10. The molecule has 0 radical (unpaired) electrons. The molecule has 2 aromatic rings. The van der Waals surface area contributed by atoms with Crippen LogP contribution in [-0.4, -0.2) is 6.26 Å². The Morgan fingerprint density at radius 3 is 2.86 bits per heavy atom. The van der Waals surface area contributed by atoms with Crippen LogP contribution in [0.1, 0.15) is 5.56 Å². The summed E-state index contributed by atoms with van der Waals surface area (Å²) in [6.07, 6.45) is 2.06. The second-order valence-corrected chi connectivity index (χ2v) is 5.59. The van der Waals surface area contributed by atoms with Gasteiger partial charge in [0.05, 0.1) is 13.9 Å². The molecular weight excluding hydrogens is 255 g/mol. The highest BCUT2D eigenvalue weighted by Crippen LogP contribution is 2.40. The van der Waals surface area contributed by atoms with Gasteiger partial charge in [0.1, 0.15) is 0 Å². The van der Waals surface area contributed by atoms with Crippen LogP contribution >= 0.6 is 46.3 Å². The number of halogens is 2. The van der Waals surface area contributed by atoms with E-state index in [0.717, 1.165) is 9.72 Å². The van der Waals surface area contributed by atoms with Crippen LogP contribution in [0.5, 0.6) is 0 Å². The molecule has 0 aliphatic rings. The zero-order chi connectivity index (χ0) is 10.1. The summed E-state index contributed by atoms with van der Waals surface area (Å²) in [5.74, 6) is 0.552. The Labute approximate surface area is 101 Å². The molecule has 0 bridgehead atoms. The Balaban J connectivity index is 2.79. The van der Waals surface area contributed by atoms with Crippen LogP contribution < -0.4 is 0 Å². The van der Waals surface area contributed by atoms with E-state index < -0.39 is 0 Å². The first-order valence-electron chi connectivity index (χ1n) is 4.07. The normalized spacial score (nSPS) is 11.1. The molecule has 0 nitrogen and oxygen atoms in total. The van der Waals surface area contributed by atoms with Crippen molar-refractivity contribution in [2.24, 2.45) is 0 Å². The van der Waals surface area contributed by atoms with Gasteiger partial charge in [-0.05, 0) is 23.3 Å². The van der Waals surface area contributed by atoms with E-state index in [-0.39, 0.29) is 0 Å². The Hall–Kier alpha value is 0.110. The van der Waals surface area contributed by atoms with Crippen LogP contribution in [0, 0.1) is 0 Å². The van der Waals surface area contributed by atoms with Crippen molar-refractivity contribution in [3.05, 3.63) is 28.8 Å². The van der Waals surface area contributed by atoms with Gasteiger partial charge in [-0.25, -0.2) is 0 Å². The summed E-state index contributed by atoms with van der Waals surface area (Å²) in [4.78, 5) is 0. The van der Waals surface area contributed by atoms with E-state index >= 15 is 0 Å². The van der Waals surface area contributed by atoms with Gasteiger partial charge in [0, 0.05) is 5.88 Å². The molecule has 2 rings (SSSR count). The van der Waals surface area contributed by atoms with E-state index in [1.54, 1.807) is 23.1 Å². The lowest BCUT2D eigenvalue weighted by Gasteiger charge is -1.95. The van der Waals surface area contributed by atoms with Crippen molar-refractivity contribution in [1.29, 1.82) is 0 Å². The Bertz CT molecular complexity index is 462. The maximum atomic E-state index is 6.11. The molecule has 4 heteroatoms. The lowest BCUT2D eigenvalue weighted by atomic mass is 10.2. The molecule has 1 aromatic heterocycles. The Kier molecular flexibility index (Phi) is 3.27. The summed E-state index contributed by atoms with van der Waals surface area (Å²) >= 11 is 15.5. The molecule has 14 heavy (non-hydrogen) atoms. The molecule has 0 amide bonds. The maximum absolute atomic E-state index is 6.11. The van der Waals surface area contributed by atoms with Gasteiger partial charge in [-0.1, -0.05) is 23.7 Å². The highest BCUT2D eigenvalue weighted by Gasteiger charge is 2.11. The number of thioether (sulfide) groups is 1. The summed E-state index contributed by atoms with van der Waals surface area (Å²) in [7, 11) is 0. The molecule has 0 aliphatic carbocycles. The molecule has 74 valence electrons. The monoisotopic (exact) mass is 262 g/mol. The fraction of sp³-hybridized carbons (Fsp3) is 0.200. The predicted molar refractivity (Wildman–Crippen MR) is 68.2 cm³/mol. The van der Waals surface area contributed by atoms with Gasteiger partial charge < -0.3 is 0 Å². The molecule has 0 aliphatic heterocycles. The minimum absolute atomic E-state index is 0.552. The van der Waals surface area contributed by atoms with Gasteiger partial charge >= 0.3 is 0 Å². The summed E-state index contributed by atoms with van der Waals surface area (Å²) in [5.41, 5.74) is 1.21. The van der Waals surface area contributed by atoms with Crippen molar-refractivity contribution in [3.8, 4) is 0 Å². The topological polar surface area (TPSA) is 0 Å². The van der Waals surface area contributed by atoms with E-state index in [1.165, 1.54) is 15.2 Å².